The lowest BCUT2D eigenvalue weighted by Crippen LogP contribution is -2.53. The van der Waals surface area contributed by atoms with Crippen molar-refractivity contribution in [1.29, 1.82) is 0 Å². The van der Waals surface area contributed by atoms with Gasteiger partial charge < -0.3 is 14.4 Å². The number of ether oxygens (including phenoxy) is 1. The molecule has 2 heterocycles. The summed E-state index contributed by atoms with van der Waals surface area (Å²) in [5, 5.41) is 22.1. The Hall–Kier alpha value is -4.27. The summed E-state index contributed by atoms with van der Waals surface area (Å²) in [6.45, 7) is 1.10. The predicted octanol–water partition coefficient (Wildman–Crippen LogP) is 5.72. The minimum Gasteiger partial charge on any atom is -0.466 e. The number of sulfone groups is 1. The number of para-hydroxylation sites is 1. The molecule has 1 aromatic heterocycles. The van der Waals surface area contributed by atoms with Crippen LogP contribution in [0.2, 0.25) is 0 Å². The van der Waals surface area contributed by atoms with Gasteiger partial charge in [-0.1, -0.05) is 30.3 Å². The van der Waals surface area contributed by atoms with E-state index in [1.807, 2.05) is 0 Å². The maximum atomic E-state index is 14.8. The average molecular weight is 674 g/mol. The number of likely N-dealkylation sites (tertiary alicyclic amines) is 1. The first-order chi connectivity index (χ1) is 22.2. The number of aryl methyl sites for hydroxylation is 1. The van der Waals surface area contributed by atoms with Gasteiger partial charge in [-0.25, -0.2) is 8.42 Å². The summed E-state index contributed by atoms with van der Waals surface area (Å²) in [7, 11) is -3.80. The van der Waals surface area contributed by atoms with Crippen molar-refractivity contribution in [2.45, 2.75) is 54.5 Å². The van der Waals surface area contributed by atoms with Gasteiger partial charge in [0.1, 0.15) is 0 Å². The molecule has 47 heavy (non-hydrogen) atoms. The van der Waals surface area contributed by atoms with E-state index >= 15 is 0 Å². The third-order valence-corrected chi connectivity index (χ3v) is 10.8. The topological polar surface area (TPSA) is 132 Å². The molecule has 1 N–H and O–H groups in total. The number of hydrogen-bond donors (Lipinski definition) is 1. The van der Waals surface area contributed by atoms with Crippen LogP contribution in [0, 0.1) is 10.1 Å². The number of esters is 1. The zero-order valence-electron chi connectivity index (χ0n) is 25.5. The molecule has 0 bridgehead atoms. The van der Waals surface area contributed by atoms with Gasteiger partial charge in [0.15, 0.2) is 9.84 Å². The van der Waals surface area contributed by atoms with Crippen molar-refractivity contribution in [2.75, 3.05) is 26.2 Å². The van der Waals surface area contributed by atoms with Crippen LogP contribution in [-0.2, 0) is 31.4 Å². The number of rotatable bonds is 11. The molecule has 1 atom stereocenters. The number of alkyl halides is 3. The van der Waals surface area contributed by atoms with Crippen LogP contribution in [0.15, 0.2) is 83.9 Å². The smallest absolute Gasteiger partial charge is 0.422 e. The van der Waals surface area contributed by atoms with Gasteiger partial charge in [-0.3, -0.25) is 19.8 Å². The maximum absolute atomic E-state index is 14.8. The van der Waals surface area contributed by atoms with Crippen molar-refractivity contribution in [1.82, 2.24) is 9.47 Å². The minimum atomic E-state index is -5.14. The van der Waals surface area contributed by atoms with Crippen LogP contribution in [-0.4, -0.2) is 71.6 Å². The highest BCUT2D eigenvalue weighted by atomic mass is 32.2. The lowest BCUT2D eigenvalue weighted by atomic mass is 9.91. The van der Waals surface area contributed by atoms with E-state index in [9.17, 15) is 41.6 Å². The number of hydrogen-bond acceptors (Lipinski definition) is 8. The first kappa shape index (κ1) is 34.1. The molecule has 0 radical (unpaired) electrons. The second-order valence-electron chi connectivity index (χ2n) is 11.5. The first-order valence-corrected chi connectivity index (χ1v) is 16.6. The molecule has 0 aliphatic carbocycles. The van der Waals surface area contributed by atoms with Gasteiger partial charge in [-0.15, -0.1) is 0 Å². The number of fused-ring (bicyclic) bond motifs is 1. The van der Waals surface area contributed by atoms with Crippen molar-refractivity contribution >= 4 is 32.4 Å². The third kappa shape index (κ3) is 7.04. The second kappa shape index (κ2) is 13.5. The summed E-state index contributed by atoms with van der Waals surface area (Å²) in [5.74, 6) is -0.348. The molecule has 1 aliphatic heterocycles. The molecule has 4 aromatic rings. The number of nitrogens with zero attached hydrogens (tertiary/aromatic N) is 3. The predicted molar refractivity (Wildman–Crippen MR) is 168 cm³/mol. The zero-order valence-corrected chi connectivity index (χ0v) is 26.3. The minimum absolute atomic E-state index is 0.00226. The molecule has 0 spiro atoms. The Kier molecular flexibility index (Phi) is 9.75. The Morgan fingerprint density at radius 1 is 1.04 bits per heavy atom. The lowest BCUT2D eigenvalue weighted by Gasteiger charge is -2.38. The van der Waals surface area contributed by atoms with Crippen molar-refractivity contribution in [2.24, 2.45) is 0 Å². The molecular weight excluding hydrogens is 639 g/mol. The molecule has 0 amide bonds. The van der Waals surface area contributed by atoms with E-state index in [-0.39, 0.29) is 66.4 Å². The van der Waals surface area contributed by atoms with Crippen LogP contribution in [0.3, 0.4) is 0 Å². The van der Waals surface area contributed by atoms with E-state index in [0.29, 0.717) is 12.1 Å². The van der Waals surface area contributed by atoms with Crippen LogP contribution in [0.1, 0.15) is 37.3 Å². The van der Waals surface area contributed by atoms with E-state index in [0.717, 1.165) is 17.8 Å². The SMILES string of the molecule is CCOC(=O)CCc1ccc(S(=O)(=O)C2CCN(CC(O)(c3cn(-c4ccccc4)c4cc([N+](=O)[O-])ccc34)C(F)(F)F)CC2)cc1. The third-order valence-electron chi connectivity index (χ3n) is 8.55. The summed E-state index contributed by atoms with van der Waals surface area (Å²) >= 11 is 0. The molecule has 1 aliphatic rings. The van der Waals surface area contributed by atoms with Crippen LogP contribution in [0.4, 0.5) is 18.9 Å². The number of nitro benzene ring substituents is 1. The van der Waals surface area contributed by atoms with Gasteiger partial charge in [0.05, 0.1) is 27.2 Å². The lowest BCUT2D eigenvalue weighted by molar-refractivity contribution is -0.384. The Labute approximate surface area is 269 Å². The highest BCUT2D eigenvalue weighted by Gasteiger charge is 2.57. The van der Waals surface area contributed by atoms with Crippen LogP contribution in [0.25, 0.3) is 16.6 Å². The number of halogens is 3. The van der Waals surface area contributed by atoms with Crippen LogP contribution >= 0.6 is 0 Å². The number of carbonyl (C=O) groups is 1. The molecule has 5 rings (SSSR count). The summed E-state index contributed by atoms with van der Waals surface area (Å²) in [5.41, 5.74) is -2.80. The van der Waals surface area contributed by atoms with E-state index in [1.54, 1.807) is 49.4 Å². The van der Waals surface area contributed by atoms with Crippen LogP contribution < -0.4 is 0 Å². The highest BCUT2D eigenvalue weighted by Crippen LogP contribution is 2.45. The molecule has 10 nitrogen and oxygen atoms in total. The Morgan fingerprint density at radius 3 is 2.30 bits per heavy atom. The number of aliphatic hydroxyl groups is 1. The number of benzene rings is 3. The van der Waals surface area contributed by atoms with Gasteiger partial charge >= 0.3 is 12.1 Å². The molecule has 1 unspecified atom stereocenters. The molecule has 1 fully saturated rings. The first-order valence-electron chi connectivity index (χ1n) is 15.1. The van der Waals surface area contributed by atoms with Gasteiger partial charge in [0, 0.05) is 47.9 Å². The van der Waals surface area contributed by atoms with Gasteiger partial charge in [-0.05, 0) is 75.2 Å². The molecule has 14 heteroatoms. The largest absolute Gasteiger partial charge is 0.466 e. The number of aromatic nitrogens is 1. The molecule has 1 saturated heterocycles. The molecule has 0 saturated carbocycles. The van der Waals surface area contributed by atoms with E-state index in [2.05, 4.69) is 0 Å². The van der Waals surface area contributed by atoms with Crippen molar-refractivity contribution in [3.63, 3.8) is 0 Å². The van der Waals surface area contributed by atoms with E-state index in [1.165, 1.54) is 33.7 Å². The Morgan fingerprint density at radius 2 is 1.70 bits per heavy atom. The monoisotopic (exact) mass is 673 g/mol. The number of nitro groups is 1. The summed E-state index contributed by atoms with van der Waals surface area (Å²) in [4.78, 5) is 24.0. The van der Waals surface area contributed by atoms with Crippen molar-refractivity contribution in [3.8, 4) is 5.69 Å². The number of non-ortho nitro benzene ring substituents is 1. The fraction of sp³-hybridized carbons (Fsp3) is 0.364. The molecule has 3 aromatic carbocycles. The average Bonchev–Trinajstić information content (AvgIpc) is 3.44. The number of carbonyl (C=O) groups excluding carboxylic acids is 1. The standard InChI is InChI=1S/C33H34F3N3O7S/c1-2-46-31(40)15-10-23-8-12-26(13-9-23)47(44,45)27-16-18-37(19-17-27)22-32(41,33(34,35)36)29-21-38(24-6-4-3-5-7-24)30-20-25(39(42)43)11-14-28(29)30/h3-9,11-14,20-21,27,41H,2,10,15-19,22H2,1H3. The summed E-state index contributed by atoms with van der Waals surface area (Å²) < 4.78 is 77.6. The maximum Gasteiger partial charge on any atom is 0.422 e. The fourth-order valence-electron chi connectivity index (χ4n) is 6.01. The fourth-order valence-corrected chi connectivity index (χ4v) is 7.74. The molecule has 250 valence electrons. The van der Waals surface area contributed by atoms with Gasteiger partial charge in [0.25, 0.3) is 5.69 Å². The summed E-state index contributed by atoms with van der Waals surface area (Å²) in [6, 6.07) is 18.0. The van der Waals surface area contributed by atoms with Gasteiger partial charge in [-0.2, -0.15) is 13.2 Å². The summed E-state index contributed by atoms with van der Waals surface area (Å²) in [6.07, 6.45) is -3.32. The van der Waals surface area contributed by atoms with E-state index < -0.39 is 43.9 Å². The number of piperidine rings is 1. The Balaban J connectivity index is 1.36. The normalized spacial score (nSPS) is 16.2. The Bertz CT molecular complexity index is 1850. The highest BCUT2D eigenvalue weighted by molar-refractivity contribution is 7.92. The number of β-amino-alcohol motifs (C(OH)–C–C–N with tert-alkyl or cyclic N) is 1. The van der Waals surface area contributed by atoms with Crippen molar-refractivity contribution < 1.29 is 41.2 Å². The van der Waals surface area contributed by atoms with Crippen LogP contribution in [0.5, 0.6) is 0 Å². The quantitative estimate of drug-likeness (QED) is 0.122. The van der Waals surface area contributed by atoms with E-state index in [4.69, 9.17) is 4.74 Å². The second-order valence-corrected chi connectivity index (χ2v) is 13.8. The van der Waals surface area contributed by atoms with Gasteiger partial charge in [0.2, 0.25) is 5.60 Å². The molecular formula is C33H34F3N3O7S. The van der Waals surface area contributed by atoms with Crippen molar-refractivity contribution in [3.05, 3.63) is 100 Å². The zero-order chi connectivity index (χ0) is 34.0.